The van der Waals surface area contributed by atoms with Crippen molar-refractivity contribution in [1.29, 1.82) is 5.26 Å². The van der Waals surface area contributed by atoms with Crippen molar-refractivity contribution in [1.82, 2.24) is 10.3 Å². The highest BCUT2D eigenvalue weighted by molar-refractivity contribution is 7.16. The van der Waals surface area contributed by atoms with Gasteiger partial charge in [0.2, 0.25) is 5.91 Å². The molecule has 0 fully saturated rings. The Kier molecular flexibility index (Phi) is 5.02. The van der Waals surface area contributed by atoms with E-state index in [1.165, 1.54) is 11.3 Å². The van der Waals surface area contributed by atoms with Crippen molar-refractivity contribution in [2.75, 3.05) is 18.4 Å². The highest BCUT2D eigenvalue weighted by Crippen LogP contribution is 2.25. The SMILES string of the molecule is CCNC(=O)CCNc1nc(Cl)c(C#N)s1. The van der Waals surface area contributed by atoms with Crippen molar-refractivity contribution in [3.8, 4) is 6.07 Å². The van der Waals surface area contributed by atoms with E-state index < -0.39 is 0 Å². The first-order valence-corrected chi connectivity index (χ1v) is 5.93. The molecular weight excluding hydrogens is 248 g/mol. The molecule has 16 heavy (non-hydrogen) atoms. The molecule has 0 radical (unpaired) electrons. The third kappa shape index (κ3) is 3.68. The molecule has 5 nitrogen and oxygen atoms in total. The largest absolute Gasteiger partial charge is 0.361 e. The van der Waals surface area contributed by atoms with E-state index in [9.17, 15) is 4.79 Å². The maximum atomic E-state index is 11.1. The first-order valence-electron chi connectivity index (χ1n) is 4.74. The Morgan fingerprint density at radius 2 is 2.44 bits per heavy atom. The maximum absolute atomic E-state index is 11.1. The van der Waals surface area contributed by atoms with E-state index in [2.05, 4.69) is 15.6 Å². The molecule has 1 amide bonds. The van der Waals surface area contributed by atoms with Gasteiger partial charge in [0.05, 0.1) is 0 Å². The molecule has 0 aromatic carbocycles. The van der Waals surface area contributed by atoms with E-state index in [4.69, 9.17) is 16.9 Å². The van der Waals surface area contributed by atoms with Gasteiger partial charge >= 0.3 is 0 Å². The third-order valence-electron chi connectivity index (χ3n) is 1.69. The Hall–Kier alpha value is -1.32. The van der Waals surface area contributed by atoms with E-state index in [0.29, 0.717) is 29.5 Å². The van der Waals surface area contributed by atoms with Crippen molar-refractivity contribution in [2.45, 2.75) is 13.3 Å². The fourth-order valence-electron chi connectivity index (χ4n) is 1.01. The number of nitriles is 1. The molecule has 1 aromatic rings. The van der Waals surface area contributed by atoms with Crippen molar-refractivity contribution in [2.24, 2.45) is 0 Å². The zero-order chi connectivity index (χ0) is 12.0. The predicted molar refractivity (Wildman–Crippen MR) is 63.6 cm³/mol. The number of halogens is 1. The zero-order valence-electron chi connectivity index (χ0n) is 8.71. The van der Waals surface area contributed by atoms with Crippen LogP contribution in [0, 0.1) is 11.3 Å². The molecule has 0 bridgehead atoms. The standard InChI is InChI=1S/C9H11ClN4OS/c1-2-12-7(15)3-4-13-9-14-8(10)6(5-11)16-9/h2-4H2,1H3,(H,12,15)(H,13,14). The molecule has 0 atom stereocenters. The van der Waals surface area contributed by atoms with Gasteiger partial charge in [-0.2, -0.15) is 5.26 Å². The van der Waals surface area contributed by atoms with Crippen LogP contribution in [-0.4, -0.2) is 24.0 Å². The summed E-state index contributed by atoms with van der Waals surface area (Å²) in [5.41, 5.74) is 0. The van der Waals surface area contributed by atoms with Crippen molar-refractivity contribution < 1.29 is 4.79 Å². The Balaban J connectivity index is 2.38. The van der Waals surface area contributed by atoms with Crippen LogP contribution in [0.15, 0.2) is 0 Å². The average molecular weight is 259 g/mol. The second-order valence-corrected chi connectivity index (χ2v) is 4.24. The van der Waals surface area contributed by atoms with Gasteiger partial charge in [-0.1, -0.05) is 22.9 Å². The van der Waals surface area contributed by atoms with Crippen LogP contribution in [0.25, 0.3) is 0 Å². The Morgan fingerprint density at radius 3 is 3.00 bits per heavy atom. The lowest BCUT2D eigenvalue weighted by Crippen LogP contribution is -2.24. The smallest absolute Gasteiger partial charge is 0.221 e. The Bertz CT molecular complexity index is 412. The minimum atomic E-state index is -0.0156. The van der Waals surface area contributed by atoms with Crippen molar-refractivity contribution in [3.05, 3.63) is 10.0 Å². The molecule has 0 saturated heterocycles. The van der Waals surface area contributed by atoms with E-state index >= 15 is 0 Å². The lowest BCUT2D eigenvalue weighted by molar-refractivity contribution is -0.120. The molecule has 0 aliphatic carbocycles. The summed E-state index contributed by atoms with van der Waals surface area (Å²) in [6.45, 7) is 2.96. The zero-order valence-corrected chi connectivity index (χ0v) is 10.3. The molecule has 0 aliphatic rings. The van der Waals surface area contributed by atoms with Crippen LogP contribution < -0.4 is 10.6 Å². The van der Waals surface area contributed by atoms with E-state index in [1.54, 1.807) is 0 Å². The lowest BCUT2D eigenvalue weighted by Gasteiger charge is -2.02. The number of nitrogens with zero attached hydrogens (tertiary/aromatic N) is 2. The normalized spacial score (nSPS) is 9.56. The minimum Gasteiger partial charge on any atom is -0.361 e. The average Bonchev–Trinajstić information content (AvgIpc) is 2.59. The highest BCUT2D eigenvalue weighted by Gasteiger charge is 2.08. The van der Waals surface area contributed by atoms with Crippen LogP contribution in [-0.2, 0) is 4.79 Å². The number of aromatic nitrogens is 1. The van der Waals surface area contributed by atoms with Crippen LogP contribution in [0.1, 0.15) is 18.2 Å². The van der Waals surface area contributed by atoms with E-state index in [0.717, 1.165) is 0 Å². The number of amides is 1. The first-order chi connectivity index (χ1) is 7.67. The van der Waals surface area contributed by atoms with Crippen molar-refractivity contribution >= 4 is 34.0 Å². The van der Waals surface area contributed by atoms with Gasteiger partial charge in [-0.3, -0.25) is 4.79 Å². The molecule has 2 N–H and O–H groups in total. The van der Waals surface area contributed by atoms with Gasteiger partial charge in [0.15, 0.2) is 10.3 Å². The molecule has 0 unspecified atom stereocenters. The van der Waals surface area contributed by atoms with Gasteiger partial charge in [0, 0.05) is 19.5 Å². The fraction of sp³-hybridized carbons (Fsp3) is 0.444. The number of hydrogen-bond acceptors (Lipinski definition) is 5. The van der Waals surface area contributed by atoms with E-state index in [-0.39, 0.29) is 11.1 Å². The summed E-state index contributed by atoms with van der Waals surface area (Å²) in [6.07, 6.45) is 0.368. The highest BCUT2D eigenvalue weighted by atomic mass is 35.5. The molecule has 1 heterocycles. The van der Waals surface area contributed by atoms with Crippen LogP contribution >= 0.6 is 22.9 Å². The van der Waals surface area contributed by atoms with Crippen LogP contribution in [0.2, 0.25) is 5.15 Å². The topological polar surface area (TPSA) is 77.8 Å². The van der Waals surface area contributed by atoms with Gasteiger partial charge in [0.25, 0.3) is 0 Å². The number of carbonyl (C=O) groups excluding carboxylic acids is 1. The summed E-state index contributed by atoms with van der Waals surface area (Å²) in [6, 6.07) is 1.94. The fourth-order valence-corrected chi connectivity index (χ4v) is 1.99. The van der Waals surface area contributed by atoms with Gasteiger partial charge in [0.1, 0.15) is 10.9 Å². The molecule has 0 spiro atoms. The second kappa shape index (κ2) is 6.30. The van der Waals surface area contributed by atoms with Gasteiger partial charge in [-0.25, -0.2) is 4.98 Å². The number of rotatable bonds is 5. The first kappa shape index (κ1) is 12.7. The minimum absolute atomic E-state index is 0.0156. The van der Waals surface area contributed by atoms with Gasteiger partial charge in [-0.05, 0) is 6.92 Å². The number of carbonyl (C=O) groups is 1. The molecule has 7 heteroatoms. The van der Waals surface area contributed by atoms with Crippen molar-refractivity contribution in [3.63, 3.8) is 0 Å². The third-order valence-corrected chi connectivity index (χ3v) is 2.99. The van der Waals surface area contributed by atoms with Crippen LogP contribution in [0.3, 0.4) is 0 Å². The summed E-state index contributed by atoms with van der Waals surface area (Å²) >= 11 is 6.87. The second-order valence-electron chi connectivity index (χ2n) is 2.88. The molecule has 0 saturated carbocycles. The maximum Gasteiger partial charge on any atom is 0.221 e. The Labute approximate surface area is 102 Å². The predicted octanol–water partition coefficient (Wildman–Crippen LogP) is 1.61. The molecule has 86 valence electrons. The number of nitrogens with one attached hydrogen (secondary N) is 2. The quantitative estimate of drug-likeness (QED) is 0.841. The van der Waals surface area contributed by atoms with Gasteiger partial charge < -0.3 is 10.6 Å². The molecule has 1 rings (SSSR count). The van der Waals surface area contributed by atoms with Gasteiger partial charge in [-0.15, -0.1) is 0 Å². The number of thiazole rings is 1. The summed E-state index contributed by atoms with van der Waals surface area (Å²) in [5, 5.41) is 15.0. The molecular formula is C9H11ClN4OS. The van der Waals surface area contributed by atoms with Crippen LogP contribution in [0.5, 0.6) is 0 Å². The summed E-state index contributed by atoms with van der Waals surface area (Å²) in [7, 11) is 0. The molecule has 1 aromatic heterocycles. The molecule has 0 aliphatic heterocycles. The van der Waals surface area contributed by atoms with E-state index in [1.807, 2.05) is 13.0 Å². The lowest BCUT2D eigenvalue weighted by atomic mass is 10.4. The summed E-state index contributed by atoms with van der Waals surface area (Å²) in [5.74, 6) is -0.0156. The monoisotopic (exact) mass is 258 g/mol. The number of hydrogen-bond donors (Lipinski definition) is 2. The van der Waals surface area contributed by atoms with Crippen LogP contribution in [0.4, 0.5) is 5.13 Å². The summed E-state index contributed by atoms with van der Waals surface area (Å²) < 4.78 is 0. The Morgan fingerprint density at radius 1 is 1.69 bits per heavy atom. The summed E-state index contributed by atoms with van der Waals surface area (Å²) in [4.78, 5) is 15.4. The number of anilines is 1.